The van der Waals surface area contributed by atoms with Gasteiger partial charge in [0, 0.05) is 24.8 Å². The molecule has 0 aromatic carbocycles. The molecule has 3 fully saturated rings. The summed E-state index contributed by atoms with van der Waals surface area (Å²) in [7, 11) is 0. The predicted octanol–water partition coefficient (Wildman–Crippen LogP) is 3.06. The molecule has 1 amide bonds. The van der Waals surface area contributed by atoms with Crippen LogP contribution in [0.15, 0.2) is 0 Å². The van der Waals surface area contributed by atoms with E-state index in [9.17, 15) is 23.5 Å². The van der Waals surface area contributed by atoms with E-state index in [1.165, 1.54) is 0 Å². The Bertz CT molecular complexity index is 458. The monoisotopic (exact) mass is 315 g/mol. The van der Waals surface area contributed by atoms with Crippen molar-refractivity contribution < 1.29 is 23.5 Å². The van der Waals surface area contributed by atoms with Crippen molar-refractivity contribution in [2.45, 2.75) is 75.8 Å². The molecule has 0 aromatic rings. The molecule has 2 aliphatic carbocycles. The number of carbonyl (C=O) groups excluding carboxylic acids is 1. The Kier molecular flexibility index (Phi) is 4.12. The molecular formula is C16H23F2NO3. The molecule has 0 aromatic heterocycles. The number of nitrogens with zero attached hydrogens (tertiary/aromatic N) is 1. The fourth-order valence-corrected chi connectivity index (χ4v) is 4.50. The second kappa shape index (κ2) is 5.78. The van der Waals surface area contributed by atoms with Crippen LogP contribution in [0.1, 0.15) is 57.8 Å². The SMILES string of the molecule is O=C(O)C1CC2CCCCC2N1C(=O)C1CCC(F)(F)CC1. The van der Waals surface area contributed by atoms with Crippen LogP contribution in [0.3, 0.4) is 0 Å². The van der Waals surface area contributed by atoms with E-state index >= 15 is 0 Å². The van der Waals surface area contributed by atoms with Gasteiger partial charge in [0.05, 0.1) is 0 Å². The molecule has 3 aliphatic rings. The molecule has 0 bridgehead atoms. The highest BCUT2D eigenvalue weighted by molar-refractivity contribution is 5.86. The van der Waals surface area contributed by atoms with E-state index in [4.69, 9.17) is 0 Å². The number of hydrogen-bond acceptors (Lipinski definition) is 2. The first-order valence-corrected chi connectivity index (χ1v) is 8.32. The molecule has 3 rings (SSSR count). The third kappa shape index (κ3) is 2.84. The van der Waals surface area contributed by atoms with E-state index < -0.39 is 23.9 Å². The van der Waals surface area contributed by atoms with Crippen molar-refractivity contribution >= 4 is 11.9 Å². The number of alkyl halides is 2. The van der Waals surface area contributed by atoms with Gasteiger partial charge in [-0.15, -0.1) is 0 Å². The maximum atomic E-state index is 13.3. The van der Waals surface area contributed by atoms with E-state index in [0.717, 1.165) is 25.7 Å². The van der Waals surface area contributed by atoms with Gasteiger partial charge in [0.25, 0.3) is 0 Å². The van der Waals surface area contributed by atoms with Crippen LogP contribution in [0, 0.1) is 11.8 Å². The highest BCUT2D eigenvalue weighted by Gasteiger charge is 2.49. The summed E-state index contributed by atoms with van der Waals surface area (Å²) in [6.45, 7) is 0. The molecule has 4 nitrogen and oxygen atoms in total. The molecule has 1 N–H and O–H groups in total. The zero-order valence-corrected chi connectivity index (χ0v) is 12.6. The molecule has 0 radical (unpaired) electrons. The van der Waals surface area contributed by atoms with Gasteiger partial charge in [-0.05, 0) is 38.0 Å². The maximum Gasteiger partial charge on any atom is 0.326 e. The summed E-state index contributed by atoms with van der Waals surface area (Å²) in [6.07, 6.45) is 4.27. The number of halogens is 2. The third-order valence-electron chi connectivity index (χ3n) is 5.69. The summed E-state index contributed by atoms with van der Waals surface area (Å²) >= 11 is 0. The molecule has 3 unspecified atom stereocenters. The highest BCUT2D eigenvalue weighted by atomic mass is 19.3. The van der Waals surface area contributed by atoms with Crippen molar-refractivity contribution in [1.29, 1.82) is 0 Å². The second-order valence-electron chi connectivity index (χ2n) is 7.08. The zero-order valence-electron chi connectivity index (χ0n) is 12.6. The van der Waals surface area contributed by atoms with Gasteiger partial charge in [-0.25, -0.2) is 13.6 Å². The van der Waals surface area contributed by atoms with Crippen molar-refractivity contribution in [2.75, 3.05) is 0 Å². The predicted molar refractivity (Wildman–Crippen MR) is 75.5 cm³/mol. The van der Waals surface area contributed by atoms with Gasteiger partial charge in [0.15, 0.2) is 0 Å². The van der Waals surface area contributed by atoms with Gasteiger partial charge >= 0.3 is 5.97 Å². The highest BCUT2D eigenvalue weighted by Crippen LogP contribution is 2.43. The van der Waals surface area contributed by atoms with Crippen molar-refractivity contribution in [3.05, 3.63) is 0 Å². The van der Waals surface area contributed by atoms with Crippen LogP contribution in [-0.4, -0.2) is 39.9 Å². The summed E-state index contributed by atoms with van der Waals surface area (Å²) < 4.78 is 26.5. The third-order valence-corrected chi connectivity index (χ3v) is 5.69. The lowest BCUT2D eigenvalue weighted by Gasteiger charge is -2.37. The van der Waals surface area contributed by atoms with Crippen LogP contribution >= 0.6 is 0 Å². The minimum atomic E-state index is -2.67. The lowest BCUT2D eigenvalue weighted by molar-refractivity contribution is -0.154. The van der Waals surface area contributed by atoms with E-state index in [1.54, 1.807) is 4.90 Å². The minimum Gasteiger partial charge on any atom is -0.480 e. The normalized spacial score (nSPS) is 35.2. The largest absolute Gasteiger partial charge is 0.480 e. The molecule has 22 heavy (non-hydrogen) atoms. The molecule has 2 saturated carbocycles. The molecule has 3 atom stereocenters. The number of hydrogen-bond donors (Lipinski definition) is 1. The number of fused-ring (bicyclic) bond motifs is 1. The smallest absolute Gasteiger partial charge is 0.326 e. The van der Waals surface area contributed by atoms with E-state index in [2.05, 4.69) is 0 Å². The van der Waals surface area contributed by atoms with Gasteiger partial charge in [-0.1, -0.05) is 12.8 Å². The maximum absolute atomic E-state index is 13.3. The molecule has 6 heteroatoms. The van der Waals surface area contributed by atoms with Crippen LogP contribution in [0.2, 0.25) is 0 Å². The number of rotatable bonds is 2. The Hall–Kier alpha value is -1.20. The van der Waals surface area contributed by atoms with Gasteiger partial charge in [-0.2, -0.15) is 0 Å². The molecule has 1 saturated heterocycles. The van der Waals surface area contributed by atoms with Crippen LogP contribution < -0.4 is 0 Å². The quantitative estimate of drug-likeness (QED) is 0.852. The lowest BCUT2D eigenvalue weighted by Crippen LogP contribution is -2.49. The fraction of sp³-hybridized carbons (Fsp3) is 0.875. The Morgan fingerprint density at radius 1 is 1.05 bits per heavy atom. The summed E-state index contributed by atoms with van der Waals surface area (Å²) in [6, 6.07) is -0.757. The van der Waals surface area contributed by atoms with Crippen molar-refractivity contribution in [2.24, 2.45) is 11.8 Å². The summed E-state index contributed by atoms with van der Waals surface area (Å²) in [5, 5.41) is 9.45. The number of likely N-dealkylation sites (tertiary alicyclic amines) is 1. The van der Waals surface area contributed by atoms with Crippen LogP contribution in [0.25, 0.3) is 0 Å². The second-order valence-corrected chi connectivity index (χ2v) is 7.08. The van der Waals surface area contributed by atoms with Gasteiger partial charge in [0.2, 0.25) is 11.8 Å². The van der Waals surface area contributed by atoms with Crippen molar-refractivity contribution in [1.82, 2.24) is 4.90 Å². The van der Waals surface area contributed by atoms with E-state index in [0.29, 0.717) is 6.42 Å². The Morgan fingerprint density at radius 3 is 2.32 bits per heavy atom. The molecule has 124 valence electrons. The first-order chi connectivity index (χ1) is 10.4. The zero-order chi connectivity index (χ0) is 15.9. The van der Waals surface area contributed by atoms with Crippen LogP contribution in [-0.2, 0) is 9.59 Å². The topological polar surface area (TPSA) is 57.6 Å². The standard InChI is InChI=1S/C16H23F2NO3/c17-16(18)7-5-10(6-8-16)14(20)19-12-4-2-1-3-11(12)9-13(19)15(21)22/h10-13H,1-9H2,(H,21,22). The summed E-state index contributed by atoms with van der Waals surface area (Å²) in [4.78, 5) is 25.9. The number of carboxylic acids is 1. The number of aliphatic carboxylic acids is 1. The molecule has 1 heterocycles. The van der Waals surface area contributed by atoms with Crippen molar-refractivity contribution in [3.63, 3.8) is 0 Å². The number of amides is 1. The van der Waals surface area contributed by atoms with Gasteiger partial charge in [0.1, 0.15) is 6.04 Å². The Morgan fingerprint density at radius 2 is 1.68 bits per heavy atom. The molecular weight excluding hydrogens is 292 g/mol. The Labute approximate surface area is 128 Å². The van der Waals surface area contributed by atoms with Crippen molar-refractivity contribution in [3.8, 4) is 0 Å². The Balaban J connectivity index is 1.75. The minimum absolute atomic E-state index is 0.00443. The number of carbonyl (C=O) groups is 2. The van der Waals surface area contributed by atoms with E-state index in [1.807, 2.05) is 0 Å². The average molecular weight is 315 g/mol. The average Bonchev–Trinajstić information content (AvgIpc) is 2.86. The first-order valence-electron chi connectivity index (χ1n) is 8.32. The first kappa shape index (κ1) is 15.7. The van der Waals surface area contributed by atoms with E-state index in [-0.39, 0.29) is 43.6 Å². The molecule has 0 spiro atoms. The lowest BCUT2D eigenvalue weighted by atomic mass is 9.83. The van der Waals surface area contributed by atoms with Gasteiger partial charge < -0.3 is 10.0 Å². The van der Waals surface area contributed by atoms with Crippen LogP contribution in [0.5, 0.6) is 0 Å². The number of carboxylic acid groups (broad SMARTS) is 1. The van der Waals surface area contributed by atoms with Crippen LogP contribution in [0.4, 0.5) is 8.78 Å². The molecule has 1 aliphatic heterocycles. The fourth-order valence-electron chi connectivity index (χ4n) is 4.50. The van der Waals surface area contributed by atoms with Gasteiger partial charge in [-0.3, -0.25) is 4.79 Å². The summed E-state index contributed by atoms with van der Waals surface area (Å²) in [5.41, 5.74) is 0. The summed E-state index contributed by atoms with van der Waals surface area (Å²) in [5.74, 6) is -3.98.